The molecule has 0 saturated heterocycles. The number of hydrogen-bond acceptors (Lipinski definition) is 2. The Morgan fingerprint density at radius 1 is 1.50 bits per heavy atom. The van der Waals surface area contributed by atoms with E-state index in [2.05, 4.69) is 0 Å². The number of aliphatic hydroxyl groups excluding tert-OH is 1. The normalized spacial score (nSPS) is 19.5. The van der Waals surface area contributed by atoms with Gasteiger partial charge in [0, 0.05) is 18.4 Å². The van der Waals surface area contributed by atoms with Crippen LogP contribution in [0.15, 0.2) is 16.5 Å². The van der Waals surface area contributed by atoms with Crippen molar-refractivity contribution in [3.63, 3.8) is 0 Å². The standard InChI is InChI=1S/C9H11ClO2/c10-8-2-1-7(12-8)5-9(6-11)3-4-9/h1-2,11H,3-6H2. The predicted octanol–water partition coefficient (Wildman–Crippen LogP) is 2.25. The fourth-order valence-electron chi connectivity index (χ4n) is 1.38. The van der Waals surface area contributed by atoms with E-state index in [0.717, 1.165) is 25.0 Å². The van der Waals surface area contributed by atoms with Gasteiger partial charge in [-0.3, -0.25) is 0 Å². The minimum Gasteiger partial charge on any atom is -0.450 e. The van der Waals surface area contributed by atoms with Gasteiger partial charge in [0.25, 0.3) is 0 Å². The van der Waals surface area contributed by atoms with Gasteiger partial charge >= 0.3 is 0 Å². The van der Waals surface area contributed by atoms with Crippen LogP contribution >= 0.6 is 11.6 Å². The van der Waals surface area contributed by atoms with Crippen molar-refractivity contribution in [1.29, 1.82) is 0 Å². The van der Waals surface area contributed by atoms with E-state index >= 15 is 0 Å². The number of furan rings is 1. The van der Waals surface area contributed by atoms with Crippen LogP contribution in [0.2, 0.25) is 5.22 Å². The predicted molar refractivity (Wildman–Crippen MR) is 46.2 cm³/mol. The Hall–Kier alpha value is -0.470. The van der Waals surface area contributed by atoms with Crippen LogP contribution in [0.3, 0.4) is 0 Å². The summed E-state index contributed by atoms with van der Waals surface area (Å²) in [5, 5.41) is 9.48. The van der Waals surface area contributed by atoms with Gasteiger partial charge in [-0.2, -0.15) is 0 Å². The monoisotopic (exact) mass is 186 g/mol. The lowest BCUT2D eigenvalue weighted by Crippen LogP contribution is -2.09. The van der Waals surface area contributed by atoms with Gasteiger partial charge in [0.05, 0.1) is 0 Å². The van der Waals surface area contributed by atoms with Gasteiger partial charge in [-0.1, -0.05) is 0 Å². The molecular weight excluding hydrogens is 176 g/mol. The summed E-state index contributed by atoms with van der Waals surface area (Å²) >= 11 is 5.62. The van der Waals surface area contributed by atoms with Crippen LogP contribution in [0.4, 0.5) is 0 Å². The van der Waals surface area contributed by atoms with Crippen molar-refractivity contribution in [2.24, 2.45) is 5.41 Å². The van der Waals surface area contributed by atoms with E-state index in [1.807, 2.05) is 6.07 Å². The van der Waals surface area contributed by atoms with Gasteiger partial charge in [-0.25, -0.2) is 0 Å². The van der Waals surface area contributed by atoms with E-state index in [9.17, 15) is 0 Å². The highest BCUT2D eigenvalue weighted by molar-refractivity contribution is 6.28. The Morgan fingerprint density at radius 2 is 2.25 bits per heavy atom. The Labute approximate surface area is 76.1 Å². The van der Waals surface area contributed by atoms with Crippen molar-refractivity contribution in [1.82, 2.24) is 0 Å². The van der Waals surface area contributed by atoms with Crippen molar-refractivity contribution < 1.29 is 9.52 Å². The first-order chi connectivity index (χ1) is 5.74. The van der Waals surface area contributed by atoms with Crippen LogP contribution in [0, 0.1) is 5.41 Å². The van der Waals surface area contributed by atoms with Crippen LogP contribution in [-0.4, -0.2) is 11.7 Å². The van der Waals surface area contributed by atoms with Crippen LogP contribution in [-0.2, 0) is 6.42 Å². The summed E-state index contributed by atoms with van der Waals surface area (Å²) in [4.78, 5) is 0. The zero-order valence-corrected chi connectivity index (χ0v) is 7.47. The van der Waals surface area contributed by atoms with Crippen molar-refractivity contribution in [3.05, 3.63) is 23.1 Å². The fourth-order valence-corrected chi connectivity index (χ4v) is 1.55. The molecule has 1 fully saturated rings. The highest BCUT2D eigenvalue weighted by Crippen LogP contribution is 2.48. The summed E-state index contributed by atoms with van der Waals surface area (Å²) in [6.45, 7) is 0.255. The van der Waals surface area contributed by atoms with E-state index in [0.29, 0.717) is 5.22 Å². The first-order valence-corrected chi connectivity index (χ1v) is 4.47. The average Bonchev–Trinajstić information content (AvgIpc) is 2.71. The Kier molecular flexibility index (Phi) is 1.89. The smallest absolute Gasteiger partial charge is 0.193 e. The first kappa shape index (κ1) is 8.14. The topological polar surface area (TPSA) is 33.4 Å². The molecule has 1 aromatic rings. The second kappa shape index (κ2) is 2.79. The first-order valence-electron chi connectivity index (χ1n) is 4.09. The van der Waals surface area contributed by atoms with Crippen molar-refractivity contribution in [2.45, 2.75) is 19.3 Å². The third kappa shape index (κ3) is 1.50. The average molecular weight is 187 g/mol. The van der Waals surface area contributed by atoms with Gasteiger partial charge in [0.2, 0.25) is 0 Å². The lowest BCUT2D eigenvalue weighted by Gasteiger charge is -2.07. The van der Waals surface area contributed by atoms with Crippen molar-refractivity contribution >= 4 is 11.6 Å². The van der Waals surface area contributed by atoms with Gasteiger partial charge in [0.15, 0.2) is 5.22 Å². The second-order valence-electron chi connectivity index (χ2n) is 3.54. The zero-order chi connectivity index (χ0) is 8.60. The van der Waals surface area contributed by atoms with Crippen LogP contribution in [0.5, 0.6) is 0 Å². The highest BCUT2D eigenvalue weighted by Gasteiger charge is 2.42. The Balaban J connectivity index is 2.04. The minimum atomic E-state index is 0.112. The summed E-state index contributed by atoms with van der Waals surface area (Å²) in [6.07, 6.45) is 3.01. The van der Waals surface area contributed by atoms with Crippen molar-refractivity contribution in [3.8, 4) is 0 Å². The van der Waals surface area contributed by atoms with Gasteiger partial charge in [-0.05, 0) is 36.6 Å². The molecule has 0 radical (unpaired) electrons. The molecule has 0 amide bonds. The molecule has 1 aliphatic rings. The number of rotatable bonds is 3. The largest absolute Gasteiger partial charge is 0.450 e. The molecule has 1 aromatic heterocycles. The molecule has 0 aliphatic heterocycles. The van der Waals surface area contributed by atoms with Gasteiger partial charge in [-0.15, -0.1) is 0 Å². The SMILES string of the molecule is OCC1(Cc2ccc(Cl)o2)CC1. The van der Waals surface area contributed by atoms with Crippen molar-refractivity contribution in [2.75, 3.05) is 6.61 Å². The molecule has 3 heteroatoms. The highest BCUT2D eigenvalue weighted by atomic mass is 35.5. The molecular formula is C9H11ClO2. The zero-order valence-electron chi connectivity index (χ0n) is 6.72. The van der Waals surface area contributed by atoms with Gasteiger partial charge in [0.1, 0.15) is 5.76 Å². The molecule has 0 aromatic carbocycles. The molecule has 1 saturated carbocycles. The maximum absolute atomic E-state index is 9.05. The third-order valence-corrected chi connectivity index (χ3v) is 2.67. The third-order valence-electron chi connectivity index (χ3n) is 2.47. The number of hydrogen-bond donors (Lipinski definition) is 1. The lowest BCUT2D eigenvalue weighted by molar-refractivity contribution is 0.205. The van der Waals surface area contributed by atoms with E-state index < -0.39 is 0 Å². The second-order valence-corrected chi connectivity index (χ2v) is 3.91. The maximum atomic E-state index is 9.05. The van der Waals surface area contributed by atoms with Crippen LogP contribution in [0.25, 0.3) is 0 Å². The quantitative estimate of drug-likeness (QED) is 0.786. The molecule has 1 aliphatic carbocycles. The van der Waals surface area contributed by atoms with Crippen LogP contribution in [0.1, 0.15) is 18.6 Å². The molecule has 2 rings (SSSR count). The van der Waals surface area contributed by atoms with Gasteiger partial charge < -0.3 is 9.52 Å². The summed E-state index contributed by atoms with van der Waals surface area (Å²) in [7, 11) is 0. The van der Waals surface area contributed by atoms with E-state index in [-0.39, 0.29) is 12.0 Å². The van der Waals surface area contributed by atoms with E-state index in [1.165, 1.54) is 0 Å². The summed E-state index contributed by atoms with van der Waals surface area (Å²) < 4.78 is 5.22. The Morgan fingerprint density at radius 3 is 2.67 bits per heavy atom. The minimum absolute atomic E-state index is 0.112. The molecule has 12 heavy (non-hydrogen) atoms. The molecule has 0 spiro atoms. The molecule has 0 unspecified atom stereocenters. The summed E-state index contributed by atoms with van der Waals surface area (Å²) in [5.74, 6) is 0.881. The lowest BCUT2D eigenvalue weighted by atomic mass is 10.0. The molecule has 66 valence electrons. The molecule has 1 N–H and O–H groups in total. The van der Waals surface area contributed by atoms with E-state index in [4.69, 9.17) is 21.1 Å². The fraction of sp³-hybridized carbons (Fsp3) is 0.556. The summed E-state index contributed by atoms with van der Waals surface area (Å²) in [6, 6.07) is 3.61. The molecule has 0 atom stereocenters. The number of halogens is 1. The summed E-state index contributed by atoms with van der Waals surface area (Å²) in [5.41, 5.74) is 0.112. The van der Waals surface area contributed by atoms with E-state index in [1.54, 1.807) is 6.07 Å². The number of aliphatic hydroxyl groups is 1. The molecule has 0 bridgehead atoms. The molecule has 1 heterocycles. The molecule has 2 nitrogen and oxygen atoms in total. The maximum Gasteiger partial charge on any atom is 0.193 e. The van der Waals surface area contributed by atoms with Crippen LogP contribution < -0.4 is 0 Å². The Bertz CT molecular complexity index is 276.